The van der Waals surface area contributed by atoms with Gasteiger partial charge in [-0.25, -0.2) is 13.4 Å². The molecule has 2 rings (SSSR count). The van der Waals surface area contributed by atoms with Gasteiger partial charge in [0, 0.05) is 5.02 Å². The number of pyridine rings is 1. The SMILES string of the molecule is CCCS(=O)(=O)Nc1ccc(Nc2ccc(Cl)cc2C(F)(F)F)cn1. The number of aromatic nitrogens is 1. The van der Waals surface area contributed by atoms with Crippen molar-refractivity contribution in [3.8, 4) is 0 Å². The van der Waals surface area contributed by atoms with Crippen molar-refractivity contribution in [2.75, 3.05) is 15.8 Å². The molecule has 1 aromatic heterocycles. The Bertz CT molecular complexity index is 840. The molecule has 1 heterocycles. The first kappa shape index (κ1) is 19.3. The van der Waals surface area contributed by atoms with Gasteiger partial charge in [0.1, 0.15) is 5.82 Å². The summed E-state index contributed by atoms with van der Waals surface area (Å²) < 4.78 is 64.8. The number of anilines is 3. The minimum absolute atomic E-state index is 0.0309. The molecule has 2 aromatic rings. The van der Waals surface area contributed by atoms with Crippen LogP contribution < -0.4 is 10.0 Å². The summed E-state index contributed by atoms with van der Waals surface area (Å²) in [4.78, 5) is 3.89. The molecule has 0 aliphatic carbocycles. The maximum Gasteiger partial charge on any atom is 0.418 e. The van der Waals surface area contributed by atoms with Crippen LogP contribution in [0.2, 0.25) is 5.02 Å². The van der Waals surface area contributed by atoms with Crippen LogP contribution in [-0.4, -0.2) is 19.2 Å². The Labute approximate surface area is 148 Å². The monoisotopic (exact) mass is 393 g/mol. The first-order valence-corrected chi connectivity index (χ1v) is 9.24. The zero-order chi connectivity index (χ0) is 18.7. The number of hydrogen-bond acceptors (Lipinski definition) is 4. The van der Waals surface area contributed by atoms with Crippen molar-refractivity contribution in [2.45, 2.75) is 19.5 Å². The molecule has 0 atom stereocenters. The predicted octanol–water partition coefficient (Wildman–Crippen LogP) is 4.65. The summed E-state index contributed by atoms with van der Waals surface area (Å²) >= 11 is 5.63. The molecule has 0 saturated heterocycles. The Kier molecular flexibility index (Phi) is 5.79. The summed E-state index contributed by atoms with van der Waals surface area (Å²) in [5.74, 6) is 0.0418. The lowest BCUT2D eigenvalue weighted by Crippen LogP contribution is -2.16. The minimum atomic E-state index is -4.57. The number of benzene rings is 1. The fourth-order valence-corrected chi connectivity index (χ4v) is 3.27. The van der Waals surface area contributed by atoms with E-state index in [4.69, 9.17) is 11.6 Å². The van der Waals surface area contributed by atoms with E-state index in [1.54, 1.807) is 6.92 Å². The van der Waals surface area contributed by atoms with Crippen LogP contribution in [-0.2, 0) is 16.2 Å². The van der Waals surface area contributed by atoms with Crippen molar-refractivity contribution in [3.05, 3.63) is 47.1 Å². The third-order valence-corrected chi connectivity index (χ3v) is 4.76. The molecule has 0 amide bonds. The molecule has 0 aliphatic rings. The second-order valence-corrected chi connectivity index (χ2v) is 7.44. The molecule has 0 aliphatic heterocycles. The molecule has 2 N–H and O–H groups in total. The van der Waals surface area contributed by atoms with Crippen molar-refractivity contribution in [2.24, 2.45) is 0 Å². The van der Waals surface area contributed by atoms with E-state index >= 15 is 0 Å². The minimum Gasteiger partial charge on any atom is -0.354 e. The van der Waals surface area contributed by atoms with Crippen molar-refractivity contribution < 1.29 is 21.6 Å². The highest BCUT2D eigenvalue weighted by Crippen LogP contribution is 2.37. The first-order chi connectivity index (χ1) is 11.6. The topological polar surface area (TPSA) is 71.1 Å². The Morgan fingerprint density at radius 3 is 2.48 bits per heavy atom. The molecule has 25 heavy (non-hydrogen) atoms. The Morgan fingerprint density at radius 2 is 1.92 bits per heavy atom. The number of alkyl halides is 3. The number of nitrogens with one attached hydrogen (secondary N) is 2. The fraction of sp³-hybridized carbons (Fsp3) is 0.267. The quantitative estimate of drug-likeness (QED) is 0.749. The average Bonchev–Trinajstić information content (AvgIpc) is 2.49. The van der Waals surface area contributed by atoms with Crippen LogP contribution in [0.25, 0.3) is 0 Å². The smallest absolute Gasteiger partial charge is 0.354 e. The lowest BCUT2D eigenvalue weighted by molar-refractivity contribution is -0.136. The summed E-state index contributed by atoms with van der Waals surface area (Å²) in [6.07, 6.45) is -2.89. The molecule has 1 aromatic carbocycles. The number of nitrogens with zero attached hydrogens (tertiary/aromatic N) is 1. The zero-order valence-electron chi connectivity index (χ0n) is 13.1. The highest BCUT2D eigenvalue weighted by molar-refractivity contribution is 7.92. The van der Waals surface area contributed by atoms with Crippen molar-refractivity contribution in [1.82, 2.24) is 4.98 Å². The predicted molar refractivity (Wildman–Crippen MR) is 91.7 cm³/mol. The van der Waals surface area contributed by atoms with Gasteiger partial charge in [0.25, 0.3) is 0 Å². The average molecular weight is 394 g/mol. The summed E-state index contributed by atoms with van der Waals surface area (Å²) in [7, 11) is -3.48. The standard InChI is InChI=1S/C15H15ClF3N3O2S/c1-2-7-25(23,24)22-14-6-4-11(9-20-14)21-13-5-3-10(16)8-12(13)15(17,18)19/h3-6,8-9,21H,2,7H2,1H3,(H,20,22). The third kappa shape index (κ3) is 5.50. The van der Waals surface area contributed by atoms with E-state index in [-0.39, 0.29) is 28.0 Å². The van der Waals surface area contributed by atoms with E-state index in [1.807, 2.05) is 0 Å². The van der Waals surface area contributed by atoms with Gasteiger partial charge in [-0.2, -0.15) is 13.2 Å². The number of sulfonamides is 1. The van der Waals surface area contributed by atoms with Gasteiger partial charge in [0.15, 0.2) is 0 Å². The van der Waals surface area contributed by atoms with Crippen LogP contribution in [0.4, 0.5) is 30.4 Å². The Morgan fingerprint density at radius 1 is 1.20 bits per heavy atom. The summed E-state index contributed by atoms with van der Waals surface area (Å²) in [6, 6.07) is 6.15. The van der Waals surface area contributed by atoms with Gasteiger partial charge in [-0.1, -0.05) is 18.5 Å². The van der Waals surface area contributed by atoms with Gasteiger partial charge in [0.05, 0.1) is 28.9 Å². The van der Waals surface area contributed by atoms with Gasteiger partial charge in [-0.15, -0.1) is 0 Å². The van der Waals surface area contributed by atoms with Crippen LogP contribution in [0, 0.1) is 0 Å². The van der Waals surface area contributed by atoms with Gasteiger partial charge in [-0.05, 0) is 36.8 Å². The molecule has 5 nitrogen and oxygen atoms in total. The first-order valence-electron chi connectivity index (χ1n) is 7.21. The second kappa shape index (κ2) is 7.49. The maximum absolute atomic E-state index is 13.1. The van der Waals surface area contributed by atoms with E-state index < -0.39 is 21.8 Å². The molecule has 0 radical (unpaired) electrons. The number of halogens is 4. The largest absolute Gasteiger partial charge is 0.418 e. The molecule has 0 bridgehead atoms. The van der Waals surface area contributed by atoms with E-state index in [1.165, 1.54) is 30.5 Å². The maximum atomic E-state index is 13.1. The van der Waals surface area contributed by atoms with Crippen LogP contribution in [0.15, 0.2) is 36.5 Å². The van der Waals surface area contributed by atoms with Gasteiger partial charge in [0.2, 0.25) is 10.0 Å². The van der Waals surface area contributed by atoms with Crippen LogP contribution in [0.1, 0.15) is 18.9 Å². The summed E-state index contributed by atoms with van der Waals surface area (Å²) in [5, 5.41) is 2.57. The number of hydrogen-bond donors (Lipinski definition) is 2. The van der Waals surface area contributed by atoms with E-state index in [9.17, 15) is 21.6 Å². The highest BCUT2D eigenvalue weighted by atomic mass is 35.5. The van der Waals surface area contributed by atoms with E-state index in [0.29, 0.717) is 6.42 Å². The molecular weight excluding hydrogens is 379 g/mol. The molecule has 136 valence electrons. The Balaban J connectivity index is 2.20. The van der Waals surface area contributed by atoms with Gasteiger partial charge < -0.3 is 5.32 Å². The number of rotatable bonds is 6. The second-order valence-electron chi connectivity index (χ2n) is 5.17. The van der Waals surface area contributed by atoms with Crippen molar-refractivity contribution >= 4 is 38.8 Å². The van der Waals surface area contributed by atoms with Crippen LogP contribution >= 0.6 is 11.6 Å². The molecule has 0 saturated carbocycles. The van der Waals surface area contributed by atoms with Crippen LogP contribution in [0.5, 0.6) is 0 Å². The normalized spacial score (nSPS) is 12.0. The summed E-state index contributed by atoms with van der Waals surface area (Å²) in [6.45, 7) is 1.73. The van der Waals surface area contributed by atoms with Crippen LogP contribution in [0.3, 0.4) is 0 Å². The molecule has 10 heteroatoms. The lowest BCUT2D eigenvalue weighted by atomic mass is 10.1. The van der Waals surface area contributed by atoms with E-state index in [2.05, 4.69) is 15.0 Å². The van der Waals surface area contributed by atoms with Crippen molar-refractivity contribution in [3.63, 3.8) is 0 Å². The molecule has 0 spiro atoms. The van der Waals surface area contributed by atoms with Gasteiger partial charge in [-0.3, -0.25) is 4.72 Å². The molecule has 0 fully saturated rings. The molecule has 0 unspecified atom stereocenters. The zero-order valence-corrected chi connectivity index (χ0v) is 14.6. The fourth-order valence-electron chi connectivity index (χ4n) is 2.02. The van der Waals surface area contributed by atoms with Gasteiger partial charge >= 0.3 is 6.18 Å². The lowest BCUT2D eigenvalue weighted by Gasteiger charge is -2.15. The van der Waals surface area contributed by atoms with Crippen molar-refractivity contribution in [1.29, 1.82) is 0 Å². The molecular formula is C15H15ClF3N3O2S. The Hall–Kier alpha value is -2.00. The third-order valence-electron chi connectivity index (χ3n) is 3.06. The summed E-state index contributed by atoms with van der Waals surface area (Å²) in [5.41, 5.74) is -0.822. The van der Waals surface area contributed by atoms with E-state index in [0.717, 1.165) is 6.07 Å². The highest BCUT2D eigenvalue weighted by Gasteiger charge is 2.33.